The van der Waals surface area contributed by atoms with Gasteiger partial charge in [0.2, 0.25) is 0 Å². The SMILES string of the molecule is NCC1CCCC(Cn2c(CCc3ccccc3)nc3ccccc3c2=O)C1. The Morgan fingerprint density at radius 3 is 2.54 bits per heavy atom. The van der Waals surface area contributed by atoms with Crippen molar-refractivity contribution in [2.24, 2.45) is 17.6 Å². The van der Waals surface area contributed by atoms with Crippen molar-refractivity contribution in [1.29, 1.82) is 0 Å². The van der Waals surface area contributed by atoms with Gasteiger partial charge in [0.25, 0.3) is 5.56 Å². The van der Waals surface area contributed by atoms with Crippen molar-refractivity contribution in [3.8, 4) is 0 Å². The maximum atomic E-state index is 13.3. The second-order valence-electron chi connectivity index (χ2n) is 8.08. The molecular weight excluding hydrogens is 346 g/mol. The predicted octanol–water partition coefficient (Wildman–Crippen LogP) is 3.95. The summed E-state index contributed by atoms with van der Waals surface area (Å²) in [4.78, 5) is 18.2. The van der Waals surface area contributed by atoms with Gasteiger partial charge in [0.15, 0.2) is 0 Å². The van der Waals surface area contributed by atoms with E-state index < -0.39 is 0 Å². The van der Waals surface area contributed by atoms with Crippen LogP contribution in [0.1, 0.15) is 37.1 Å². The highest BCUT2D eigenvalue weighted by Gasteiger charge is 2.23. The van der Waals surface area contributed by atoms with Crippen LogP contribution >= 0.6 is 0 Å². The molecule has 0 radical (unpaired) electrons. The minimum atomic E-state index is 0.100. The summed E-state index contributed by atoms with van der Waals surface area (Å²) in [6.45, 7) is 1.51. The second kappa shape index (κ2) is 8.70. The fraction of sp³-hybridized carbons (Fsp3) is 0.417. The van der Waals surface area contributed by atoms with Gasteiger partial charge in [-0.2, -0.15) is 0 Å². The lowest BCUT2D eigenvalue weighted by Crippen LogP contribution is -2.32. The molecule has 0 spiro atoms. The highest BCUT2D eigenvalue weighted by atomic mass is 16.1. The standard InChI is InChI=1S/C24H29N3O/c25-16-19-9-6-10-20(15-19)17-27-23(14-13-18-7-2-1-3-8-18)26-22-12-5-4-11-21(22)24(27)28/h1-5,7-8,11-12,19-20H,6,9-10,13-17,25H2. The average Bonchev–Trinajstić information content (AvgIpc) is 2.75. The number of rotatable bonds is 6. The van der Waals surface area contributed by atoms with Crippen LogP contribution in [0.15, 0.2) is 59.4 Å². The molecule has 4 nitrogen and oxygen atoms in total. The van der Waals surface area contributed by atoms with Crippen LogP contribution in [0.5, 0.6) is 0 Å². The van der Waals surface area contributed by atoms with Crippen LogP contribution in [0.4, 0.5) is 0 Å². The summed E-state index contributed by atoms with van der Waals surface area (Å²) >= 11 is 0. The first kappa shape index (κ1) is 18.9. The zero-order valence-electron chi connectivity index (χ0n) is 16.4. The van der Waals surface area contributed by atoms with E-state index in [9.17, 15) is 4.79 Å². The smallest absolute Gasteiger partial charge is 0.261 e. The minimum absolute atomic E-state index is 0.100. The molecule has 28 heavy (non-hydrogen) atoms. The molecule has 3 aromatic rings. The van der Waals surface area contributed by atoms with Gasteiger partial charge in [0.1, 0.15) is 5.82 Å². The number of hydrogen-bond donors (Lipinski definition) is 1. The van der Waals surface area contributed by atoms with E-state index in [1.807, 2.05) is 34.9 Å². The second-order valence-corrected chi connectivity index (χ2v) is 8.08. The number of benzene rings is 2. The number of aryl methyl sites for hydroxylation is 2. The van der Waals surface area contributed by atoms with Gasteiger partial charge in [0.05, 0.1) is 10.9 Å². The van der Waals surface area contributed by atoms with Crippen LogP contribution in [-0.4, -0.2) is 16.1 Å². The molecule has 1 aliphatic rings. The number of fused-ring (bicyclic) bond motifs is 1. The maximum Gasteiger partial charge on any atom is 0.261 e. The number of nitrogens with zero attached hydrogens (tertiary/aromatic N) is 2. The fourth-order valence-electron chi connectivity index (χ4n) is 4.53. The highest BCUT2D eigenvalue weighted by Crippen LogP contribution is 2.29. The third-order valence-electron chi connectivity index (χ3n) is 6.09. The monoisotopic (exact) mass is 375 g/mol. The van der Waals surface area contributed by atoms with Gasteiger partial charge < -0.3 is 5.73 Å². The van der Waals surface area contributed by atoms with Gasteiger partial charge in [0, 0.05) is 13.0 Å². The van der Waals surface area contributed by atoms with E-state index >= 15 is 0 Å². The Kier molecular flexibility index (Phi) is 5.87. The highest BCUT2D eigenvalue weighted by molar-refractivity contribution is 5.77. The van der Waals surface area contributed by atoms with Crippen LogP contribution < -0.4 is 11.3 Å². The molecule has 2 unspecified atom stereocenters. The van der Waals surface area contributed by atoms with Gasteiger partial charge in [-0.05, 0) is 61.8 Å². The quantitative estimate of drug-likeness (QED) is 0.710. The number of para-hydroxylation sites is 1. The zero-order valence-corrected chi connectivity index (χ0v) is 16.4. The molecule has 0 amide bonds. The van der Waals surface area contributed by atoms with Crippen LogP contribution in [-0.2, 0) is 19.4 Å². The molecular formula is C24H29N3O. The van der Waals surface area contributed by atoms with E-state index in [1.165, 1.54) is 24.8 Å². The van der Waals surface area contributed by atoms with E-state index in [0.29, 0.717) is 11.8 Å². The molecule has 0 saturated heterocycles. The Bertz CT molecular complexity index is 980. The summed E-state index contributed by atoms with van der Waals surface area (Å²) in [5.41, 5.74) is 8.10. The first-order chi connectivity index (χ1) is 13.7. The molecule has 0 aliphatic heterocycles. The van der Waals surface area contributed by atoms with E-state index in [4.69, 9.17) is 10.7 Å². The lowest BCUT2D eigenvalue weighted by molar-refractivity contribution is 0.244. The van der Waals surface area contributed by atoms with Crippen LogP contribution in [0.2, 0.25) is 0 Å². The van der Waals surface area contributed by atoms with Crippen molar-refractivity contribution in [3.05, 3.63) is 76.3 Å². The zero-order chi connectivity index (χ0) is 19.3. The lowest BCUT2D eigenvalue weighted by atomic mass is 9.81. The summed E-state index contributed by atoms with van der Waals surface area (Å²) in [7, 11) is 0. The van der Waals surface area contributed by atoms with Crippen molar-refractivity contribution in [2.75, 3.05) is 6.54 Å². The fourth-order valence-corrected chi connectivity index (χ4v) is 4.53. The Balaban J connectivity index is 1.65. The molecule has 0 bridgehead atoms. The van der Waals surface area contributed by atoms with E-state index in [0.717, 1.165) is 49.1 Å². The molecule has 1 aromatic heterocycles. The van der Waals surface area contributed by atoms with E-state index in [-0.39, 0.29) is 5.56 Å². The van der Waals surface area contributed by atoms with Gasteiger partial charge in [-0.15, -0.1) is 0 Å². The average molecular weight is 376 g/mol. The van der Waals surface area contributed by atoms with Crippen molar-refractivity contribution >= 4 is 10.9 Å². The molecule has 1 heterocycles. The van der Waals surface area contributed by atoms with Gasteiger partial charge in [-0.3, -0.25) is 9.36 Å². The largest absolute Gasteiger partial charge is 0.330 e. The molecule has 1 saturated carbocycles. The summed E-state index contributed by atoms with van der Waals surface area (Å²) in [6, 6.07) is 18.1. The van der Waals surface area contributed by atoms with Crippen molar-refractivity contribution in [3.63, 3.8) is 0 Å². The van der Waals surface area contributed by atoms with Crippen molar-refractivity contribution < 1.29 is 0 Å². The Morgan fingerprint density at radius 1 is 0.964 bits per heavy atom. The van der Waals surface area contributed by atoms with E-state index in [2.05, 4.69) is 24.3 Å². The van der Waals surface area contributed by atoms with Crippen molar-refractivity contribution in [1.82, 2.24) is 9.55 Å². The maximum absolute atomic E-state index is 13.3. The Hall–Kier alpha value is -2.46. The van der Waals surface area contributed by atoms with Gasteiger partial charge in [-0.1, -0.05) is 48.9 Å². The third-order valence-corrected chi connectivity index (χ3v) is 6.09. The first-order valence-corrected chi connectivity index (χ1v) is 10.5. The molecule has 146 valence electrons. The van der Waals surface area contributed by atoms with E-state index in [1.54, 1.807) is 0 Å². The third kappa shape index (κ3) is 4.17. The topological polar surface area (TPSA) is 60.9 Å². The van der Waals surface area contributed by atoms with Crippen LogP contribution in [0.25, 0.3) is 10.9 Å². The molecule has 2 N–H and O–H groups in total. The molecule has 1 fully saturated rings. The summed E-state index contributed by atoms with van der Waals surface area (Å²) in [6.07, 6.45) is 6.39. The van der Waals surface area contributed by atoms with Crippen LogP contribution in [0, 0.1) is 11.8 Å². The number of aromatic nitrogens is 2. The Morgan fingerprint density at radius 2 is 1.71 bits per heavy atom. The Labute approximate surface area is 166 Å². The minimum Gasteiger partial charge on any atom is -0.330 e. The number of nitrogens with two attached hydrogens (primary N) is 1. The van der Waals surface area contributed by atoms with Crippen LogP contribution in [0.3, 0.4) is 0 Å². The lowest BCUT2D eigenvalue weighted by Gasteiger charge is -2.29. The summed E-state index contributed by atoms with van der Waals surface area (Å²) in [5.74, 6) is 2.01. The molecule has 1 aliphatic carbocycles. The molecule has 2 atom stereocenters. The molecule has 4 heteroatoms. The van der Waals surface area contributed by atoms with Gasteiger partial charge >= 0.3 is 0 Å². The molecule has 2 aromatic carbocycles. The van der Waals surface area contributed by atoms with Gasteiger partial charge in [-0.25, -0.2) is 4.98 Å². The predicted molar refractivity (Wildman–Crippen MR) is 114 cm³/mol. The first-order valence-electron chi connectivity index (χ1n) is 10.5. The number of hydrogen-bond acceptors (Lipinski definition) is 3. The van der Waals surface area contributed by atoms with Crippen molar-refractivity contribution in [2.45, 2.75) is 45.1 Å². The normalized spacial score (nSPS) is 19.8. The molecule has 4 rings (SSSR count). The summed E-state index contributed by atoms with van der Waals surface area (Å²) in [5, 5.41) is 0.720. The summed E-state index contributed by atoms with van der Waals surface area (Å²) < 4.78 is 1.95.